The topological polar surface area (TPSA) is 89.0 Å². The van der Waals surface area contributed by atoms with E-state index in [4.69, 9.17) is 0 Å². The summed E-state index contributed by atoms with van der Waals surface area (Å²) in [7, 11) is -3.32. The largest absolute Gasteiger partial charge is 0.297 e. The lowest BCUT2D eigenvalue weighted by molar-refractivity contribution is 0.102. The van der Waals surface area contributed by atoms with E-state index < -0.39 is 9.84 Å². The predicted molar refractivity (Wildman–Crippen MR) is 109 cm³/mol. The summed E-state index contributed by atoms with van der Waals surface area (Å²) in [5, 5.41) is 2.81. The molecule has 1 aromatic heterocycles. The first-order valence-electron chi connectivity index (χ1n) is 9.08. The lowest BCUT2D eigenvalue weighted by Crippen LogP contribution is -2.18. The van der Waals surface area contributed by atoms with E-state index in [0.29, 0.717) is 29.4 Å². The Morgan fingerprint density at radius 2 is 1.68 bits per heavy atom. The van der Waals surface area contributed by atoms with Gasteiger partial charge in [0.1, 0.15) is 0 Å². The fourth-order valence-corrected chi connectivity index (χ4v) is 5.77. The Kier molecular flexibility index (Phi) is 5.23. The number of carbonyl (C=O) groups is 1. The van der Waals surface area contributed by atoms with Crippen LogP contribution in [0.1, 0.15) is 36.0 Å². The number of sulfone groups is 1. The third-order valence-electron chi connectivity index (χ3n) is 4.86. The Bertz CT molecular complexity index is 1070. The van der Waals surface area contributed by atoms with Crippen LogP contribution in [0.25, 0.3) is 11.4 Å². The fourth-order valence-electron chi connectivity index (χ4n) is 3.34. The van der Waals surface area contributed by atoms with Gasteiger partial charge >= 0.3 is 0 Å². The second-order valence-electron chi connectivity index (χ2n) is 6.72. The van der Waals surface area contributed by atoms with Crippen molar-refractivity contribution in [3.63, 3.8) is 0 Å². The summed E-state index contributed by atoms with van der Waals surface area (Å²) in [5.41, 5.74) is 1.25. The highest BCUT2D eigenvalue weighted by Gasteiger charge is 2.30. The minimum atomic E-state index is -3.32. The van der Waals surface area contributed by atoms with Crippen LogP contribution in [0.15, 0.2) is 59.5 Å². The first-order chi connectivity index (χ1) is 13.5. The number of amides is 1. The van der Waals surface area contributed by atoms with E-state index in [2.05, 4.69) is 14.7 Å². The Balaban J connectivity index is 1.46. The number of hydrogen-bond donors (Lipinski definition) is 1. The molecular weight excluding hydrogens is 394 g/mol. The monoisotopic (exact) mass is 413 g/mol. The molecule has 8 heteroatoms. The average Bonchev–Trinajstić information content (AvgIpc) is 3.41. The lowest BCUT2D eigenvalue weighted by atomic mass is 10.2. The van der Waals surface area contributed by atoms with Gasteiger partial charge in [0.25, 0.3) is 5.91 Å². The Morgan fingerprint density at radius 1 is 1.00 bits per heavy atom. The van der Waals surface area contributed by atoms with Crippen LogP contribution in [0.2, 0.25) is 0 Å². The summed E-state index contributed by atoms with van der Waals surface area (Å²) in [6.45, 7) is 0. The molecule has 1 fully saturated rings. The van der Waals surface area contributed by atoms with E-state index >= 15 is 0 Å². The van der Waals surface area contributed by atoms with E-state index in [1.807, 2.05) is 30.3 Å². The maximum absolute atomic E-state index is 12.6. The highest BCUT2D eigenvalue weighted by Crippen LogP contribution is 2.29. The van der Waals surface area contributed by atoms with Crippen LogP contribution >= 0.6 is 11.5 Å². The molecule has 2 aromatic carbocycles. The van der Waals surface area contributed by atoms with Crippen LogP contribution in [0.4, 0.5) is 5.13 Å². The van der Waals surface area contributed by atoms with Crippen LogP contribution in [-0.4, -0.2) is 28.9 Å². The van der Waals surface area contributed by atoms with Gasteiger partial charge in [0.2, 0.25) is 5.13 Å². The molecule has 0 radical (unpaired) electrons. The van der Waals surface area contributed by atoms with Crippen molar-refractivity contribution in [3.05, 3.63) is 60.2 Å². The van der Waals surface area contributed by atoms with E-state index in [1.54, 1.807) is 0 Å². The van der Waals surface area contributed by atoms with E-state index in [-0.39, 0.29) is 16.1 Å². The molecule has 1 amide bonds. The summed E-state index contributed by atoms with van der Waals surface area (Å²) in [6, 6.07) is 15.6. The maximum Gasteiger partial charge on any atom is 0.257 e. The zero-order valence-corrected chi connectivity index (χ0v) is 16.7. The molecule has 1 aliphatic carbocycles. The van der Waals surface area contributed by atoms with E-state index in [0.717, 1.165) is 29.9 Å². The van der Waals surface area contributed by atoms with E-state index in [1.165, 1.54) is 24.3 Å². The molecule has 0 bridgehead atoms. The fraction of sp³-hybridized carbons (Fsp3) is 0.250. The summed E-state index contributed by atoms with van der Waals surface area (Å²) >= 11 is 1.10. The molecule has 0 saturated heterocycles. The quantitative estimate of drug-likeness (QED) is 0.678. The molecule has 3 aromatic rings. The molecule has 144 valence electrons. The molecule has 1 heterocycles. The number of nitrogens with zero attached hydrogens (tertiary/aromatic N) is 2. The van der Waals surface area contributed by atoms with Gasteiger partial charge < -0.3 is 0 Å². The molecule has 0 unspecified atom stereocenters. The Morgan fingerprint density at radius 3 is 2.36 bits per heavy atom. The molecule has 0 aliphatic heterocycles. The lowest BCUT2D eigenvalue weighted by Gasteiger charge is -2.11. The van der Waals surface area contributed by atoms with Crippen molar-refractivity contribution in [2.45, 2.75) is 35.8 Å². The first-order valence-corrected chi connectivity index (χ1v) is 11.4. The van der Waals surface area contributed by atoms with Gasteiger partial charge in [0.15, 0.2) is 15.7 Å². The van der Waals surface area contributed by atoms with Gasteiger partial charge in [-0.15, -0.1) is 0 Å². The van der Waals surface area contributed by atoms with E-state index in [9.17, 15) is 13.2 Å². The van der Waals surface area contributed by atoms with Gasteiger partial charge in [-0.25, -0.2) is 8.42 Å². The van der Waals surface area contributed by atoms with Crippen molar-refractivity contribution in [3.8, 4) is 11.4 Å². The zero-order valence-electron chi connectivity index (χ0n) is 15.0. The maximum atomic E-state index is 12.6. The minimum absolute atomic E-state index is 0.276. The average molecular weight is 414 g/mol. The molecular formula is C20H19N3O3S2. The van der Waals surface area contributed by atoms with Gasteiger partial charge in [-0.2, -0.15) is 9.36 Å². The van der Waals surface area contributed by atoms with Crippen molar-refractivity contribution >= 4 is 32.4 Å². The number of benzene rings is 2. The third-order valence-corrected chi connectivity index (χ3v) is 7.77. The second kappa shape index (κ2) is 7.81. The standard InChI is InChI=1S/C20H19N3O3S2/c24-19(22-20-21-18(23-27-20)14-6-2-1-3-7-14)15-10-12-17(13-11-15)28(25,26)16-8-4-5-9-16/h1-3,6-7,10-13,16H,4-5,8-9H2,(H,21,22,23,24). The summed E-state index contributed by atoms with van der Waals surface area (Å²) in [4.78, 5) is 17.1. The zero-order chi connectivity index (χ0) is 19.6. The normalized spacial score (nSPS) is 14.9. The minimum Gasteiger partial charge on any atom is -0.297 e. The van der Waals surface area contributed by atoms with Crippen molar-refractivity contribution < 1.29 is 13.2 Å². The first kappa shape index (κ1) is 18.8. The molecule has 1 N–H and O–H groups in total. The molecule has 28 heavy (non-hydrogen) atoms. The van der Waals surface area contributed by atoms with Crippen LogP contribution in [0, 0.1) is 0 Å². The third kappa shape index (κ3) is 3.83. The predicted octanol–water partition coefficient (Wildman–Crippen LogP) is 4.17. The van der Waals surface area contributed by atoms with Crippen molar-refractivity contribution in [2.24, 2.45) is 0 Å². The van der Waals surface area contributed by atoms with Gasteiger partial charge in [-0.05, 0) is 37.1 Å². The molecule has 0 atom stereocenters. The van der Waals surface area contributed by atoms with Crippen LogP contribution < -0.4 is 5.32 Å². The molecule has 6 nitrogen and oxygen atoms in total. The van der Waals surface area contributed by atoms with Gasteiger partial charge in [0.05, 0.1) is 10.1 Å². The van der Waals surface area contributed by atoms with Crippen LogP contribution in [-0.2, 0) is 9.84 Å². The number of hydrogen-bond acceptors (Lipinski definition) is 6. The van der Waals surface area contributed by atoms with Crippen LogP contribution in [0.5, 0.6) is 0 Å². The number of anilines is 1. The Labute approximate surface area is 167 Å². The van der Waals surface area contributed by atoms with Gasteiger partial charge in [-0.1, -0.05) is 43.2 Å². The van der Waals surface area contributed by atoms with Crippen molar-refractivity contribution in [1.82, 2.24) is 9.36 Å². The highest BCUT2D eigenvalue weighted by molar-refractivity contribution is 7.92. The smallest absolute Gasteiger partial charge is 0.257 e. The summed E-state index contributed by atoms with van der Waals surface area (Å²) in [6.07, 6.45) is 3.34. The molecule has 1 saturated carbocycles. The van der Waals surface area contributed by atoms with Crippen molar-refractivity contribution in [2.75, 3.05) is 5.32 Å². The van der Waals surface area contributed by atoms with Crippen LogP contribution in [0.3, 0.4) is 0 Å². The number of carbonyl (C=O) groups excluding carboxylic acids is 1. The number of rotatable bonds is 5. The molecule has 4 rings (SSSR count). The van der Waals surface area contributed by atoms with Gasteiger partial charge in [-0.3, -0.25) is 10.1 Å². The summed E-state index contributed by atoms with van der Waals surface area (Å²) < 4.78 is 29.5. The van der Waals surface area contributed by atoms with Crippen molar-refractivity contribution in [1.29, 1.82) is 0 Å². The summed E-state index contributed by atoms with van der Waals surface area (Å²) in [5.74, 6) is 0.208. The number of nitrogens with one attached hydrogen (secondary N) is 1. The highest BCUT2D eigenvalue weighted by atomic mass is 32.2. The number of aromatic nitrogens is 2. The molecule has 0 spiro atoms. The SMILES string of the molecule is O=C(Nc1nc(-c2ccccc2)ns1)c1ccc(S(=O)(=O)C2CCCC2)cc1. The molecule has 1 aliphatic rings. The second-order valence-corrected chi connectivity index (χ2v) is 9.70. The Hall–Kier alpha value is -2.58. The van der Waals surface area contributed by atoms with Gasteiger partial charge in [0, 0.05) is 22.7 Å².